The number of alkyl halides is 1. The zero-order valence-electron chi connectivity index (χ0n) is 11.1. The average molecular weight is 323 g/mol. The van der Waals surface area contributed by atoms with Crippen LogP contribution >= 0.6 is 34.8 Å². The van der Waals surface area contributed by atoms with Gasteiger partial charge >= 0.3 is 0 Å². The first-order valence-electron chi connectivity index (χ1n) is 6.21. The molecule has 0 fully saturated rings. The minimum Gasteiger partial charge on any atom is -0.352 e. The molecule has 1 aromatic carbocycles. The summed E-state index contributed by atoms with van der Waals surface area (Å²) in [7, 11) is 0. The molecule has 0 spiro atoms. The number of hydrogen-bond acceptors (Lipinski definition) is 1. The molecule has 0 saturated heterocycles. The topological polar surface area (TPSA) is 29.1 Å². The summed E-state index contributed by atoms with van der Waals surface area (Å²) in [5, 5.41) is 3.88. The van der Waals surface area contributed by atoms with Crippen LogP contribution in [-0.4, -0.2) is 17.8 Å². The van der Waals surface area contributed by atoms with E-state index in [1.165, 1.54) is 0 Å². The second kappa shape index (κ2) is 7.98. The lowest BCUT2D eigenvalue weighted by molar-refractivity contribution is -0.121. The Kier molecular flexibility index (Phi) is 6.98. The first-order valence-corrected chi connectivity index (χ1v) is 7.50. The average Bonchev–Trinajstić information content (AvgIpc) is 2.32. The van der Waals surface area contributed by atoms with Gasteiger partial charge in [0.2, 0.25) is 5.91 Å². The van der Waals surface area contributed by atoms with Gasteiger partial charge in [-0.05, 0) is 30.0 Å². The molecule has 19 heavy (non-hydrogen) atoms. The van der Waals surface area contributed by atoms with Gasteiger partial charge in [-0.1, -0.05) is 43.1 Å². The van der Waals surface area contributed by atoms with Crippen molar-refractivity contribution in [3.63, 3.8) is 0 Å². The summed E-state index contributed by atoms with van der Waals surface area (Å²) >= 11 is 17.6. The van der Waals surface area contributed by atoms with E-state index in [1.807, 2.05) is 0 Å². The molecule has 1 atom stereocenters. The summed E-state index contributed by atoms with van der Waals surface area (Å²) in [6, 6.07) is 5.21. The Balaban J connectivity index is 2.56. The molecule has 0 bridgehead atoms. The number of carbonyl (C=O) groups excluding carboxylic acids is 1. The number of benzene rings is 1. The SMILES string of the molecule is CC(C)CC(CCl)NC(=O)Cc1ccc(Cl)c(Cl)c1. The molecule has 0 aliphatic rings. The number of amides is 1. The van der Waals surface area contributed by atoms with E-state index < -0.39 is 0 Å². The first kappa shape index (κ1) is 16.6. The summed E-state index contributed by atoms with van der Waals surface area (Å²) in [6.07, 6.45) is 1.15. The summed E-state index contributed by atoms with van der Waals surface area (Å²) in [4.78, 5) is 11.9. The van der Waals surface area contributed by atoms with Crippen LogP contribution in [0.3, 0.4) is 0 Å². The molecule has 1 amide bonds. The van der Waals surface area contributed by atoms with Crippen LogP contribution in [0.5, 0.6) is 0 Å². The van der Waals surface area contributed by atoms with Crippen molar-refractivity contribution in [2.24, 2.45) is 5.92 Å². The quantitative estimate of drug-likeness (QED) is 0.777. The van der Waals surface area contributed by atoms with Gasteiger partial charge in [0, 0.05) is 11.9 Å². The van der Waals surface area contributed by atoms with Crippen LogP contribution in [0.4, 0.5) is 0 Å². The Hall–Kier alpha value is -0.440. The highest BCUT2D eigenvalue weighted by molar-refractivity contribution is 6.42. The Bertz CT molecular complexity index is 435. The molecule has 2 nitrogen and oxygen atoms in total. The molecular weight excluding hydrogens is 305 g/mol. The Labute approximate surface area is 129 Å². The number of nitrogens with one attached hydrogen (secondary N) is 1. The molecule has 0 aliphatic carbocycles. The molecule has 1 aromatic rings. The fourth-order valence-corrected chi connectivity index (χ4v) is 2.37. The maximum Gasteiger partial charge on any atom is 0.224 e. The van der Waals surface area contributed by atoms with Gasteiger partial charge in [-0.2, -0.15) is 0 Å². The van der Waals surface area contributed by atoms with Gasteiger partial charge in [-0.15, -0.1) is 11.6 Å². The van der Waals surface area contributed by atoms with E-state index in [9.17, 15) is 4.79 Å². The van der Waals surface area contributed by atoms with Gasteiger partial charge in [-0.3, -0.25) is 4.79 Å². The van der Waals surface area contributed by atoms with Gasteiger partial charge in [-0.25, -0.2) is 0 Å². The second-order valence-corrected chi connectivity index (χ2v) is 6.10. The zero-order valence-corrected chi connectivity index (χ0v) is 13.3. The highest BCUT2D eigenvalue weighted by Crippen LogP contribution is 2.22. The highest BCUT2D eigenvalue weighted by atomic mass is 35.5. The highest BCUT2D eigenvalue weighted by Gasteiger charge is 2.13. The maximum atomic E-state index is 11.9. The van der Waals surface area contributed by atoms with Crippen molar-refractivity contribution in [1.29, 1.82) is 0 Å². The van der Waals surface area contributed by atoms with Crippen molar-refractivity contribution in [3.05, 3.63) is 33.8 Å². The molecule has 1 N–H and O–H groups in total. The normalized spacial score (nSPS) is 12.5. The summed E-state index contributed by atoms with van der Waals surface area (Å²) in [5.74, 6) is 0.865. The van der Waals surface area contributed by atoms with E-state index >= 15 is 0 Å². The molecule has 0 saturated carbocycles. The first-order chi connectivity index (χ1) is 8.92. The minimum absolute atomic E-state index is 0.0111. The van der Waals surface area contributed by atoms with Crippen LogP contribution in [0.2, 0.25) is 10.0 Å². The molecular formula is C14H18Cl3NO. The third-order valence-corrected chi connectivity index (χ3v) is 3.77. The Morgan fingerprint density at radius 2 is 1.95 bits per heavy atom. The second-order valence-electron chi connectivity index (χ2n) is 4.97. The van der Waals surface area contributed by atoms with Gasteiger partial charge < -0.3 is 5.32 Å². The predicted octanol–water partition coefficient (Wildman–Crippen LogP) is 4.31. The Morgan fingerprint density at radius 1 is 1.26 bits per heavy atom. The smallest absolute Gasteiger partial charge is 0.224 e. The van der Waals surface area contributed by atoms with Crippen molar-refractivity contribution in [2.75, 3.05) is 5.88 Å². The van der Waals surface area contributed by atoms with E-state index in [4.69, 9.17) is 34.8 Å². The number of hydrogen-bond donors (Lipinski definition) is 1. The standard InChI is InChI=1S/C14H18Cl3NO/c1-9(2)5-11(8-15)18-14(19)7-10-3-4-12(16)13(17)6-10/h3-4,6,9,11H,5,7-8H2,1-2H3,(H,18,19). The van der Waals surface area contributed by atoms with E-state index in [0.29, 0.717) is 21.8 Å². The number of halogens is 3. The Morgan fingerprint density at radius 3 is 2.47 bits per heavy atom. The van der Waals surface area contributed by atoms with Crippen LogP contribution in [0.25, 0.3) is 0 Å². The van der Waals surface area contributed by atoms with Crippen molar-refractivity contribution >= 4 is 40.7 Å². The van der Waals surface area contributed by atoms with Gasteiger partial charge in [0.05, 0.1) is 16.5 Å². The molecule has 5 heteroatoms. The van der Waals surface area contributed by atoms with Gasteiger partial charge in [0.25, 0.3) is 0 Å². The molecule has 1 unspecified atom stereocenters. The van der Waals surface area contributed by atoms with E-state index in [2.05, 4.69) is 19.2 Å². The number of rotatable bonds is 6. The molecule has 0 radical (unpaired) electrons. The predicted molar refractivity (Wildman–Crippen MR) is 82.3 cm³/mol. The van der Waals surface area contributed by atoms with Crippen LogP contribution in [0, 0.1) is 5.92 Å². The summed E-state index contributed by atoms with van der Waals surface area (Å²) < 4.78 is 0. The third kappa shape index (κ3) is 6.03. The molecule has 106 valence electrons. The van der Waals surface area contributed by atoms with Crippen molar-refractivity contribution in [3.8, 4) is 0 Å². The number of carbonyl (C=O) groups is 1. The summed E-state index contributed by atoms with van der Waals surface area (Å²) in [5.41, 5.74) is 0.838. The largest absolute Gasteiger partial charge is 0.352 e. The van der Waals surface area contributed by atoms with E-state index in [0.717, 1.165) is 12.0 Å². The monoisotopic (exact) mass is 321 g/mol. The fraction of sp³-hybridized carbons (Fsp3) is 0.500. The van der Waals surface area contributed by atoms with Crippen LogP contribution in [0.15, 0.2) is 18.2 Å². The third-order valence-electron chi connectivity index (χ3n) is 2.66. The van der Waals surface area contributed by atoms with Gasteiger partial charge in [0.1, 0.15) is 0 Å². The lowest BCUT2D eigenvalue weighted by Crippen LogP contribution is -2.38. The lowest BCUT2D eigenvalue weighted by atomic mass is 10.0. The molecule has 0 heterocycles. The van der Waals surface area contributed by atoms with Crippen molar-refractivity contribution < 1.29 is 4.79 Å². The van der Waals surface area contributed by atoms with Crippen LogP contribution in [-0.2, 0) is 11.2 Å². The molecule has 0 aliphatic heterocycles. The van der Waals surface area contributed by atoms with Crippen molar-refractivity contribution in [1.82, 2.24) is 5.32 Å². The summed E-state index contributed by atoms with van der Waals surface area (Å²) in [6.45, 7) is 4.20. The maximum absolute atomic E-state index is 11.9. The lowest BCUT2D eigenvalue weighted by Gasteiger charge is -2.18. The zero-order chi connectivity index (χ0) is 14.4. The molecule has 1 rings (SSSR count). The molecule has 0 aromatic heterocycles. The fourth-order valence-electron chi connectivity index (χ4n) is 1.84. The van der Waals surface area contributed by atoms with Crippen molar-refractivity contribution in [2.45, 2.75) is 32.7 Å². The van der Waals surface area contributed by atoms with Gasteiger partial charge in [0.15, 0.2) is 0 Å². The van der Waals surface area contributed by atoms with E-state index in [1.54, 1.807) is 18.2 Å². The van der Waals surface area contributed by atoms with E-state index in [-0.39, 0.29) is 18.4 Å². The van der Waals surface area contributed by atoms with Crippen LogP contribution < -0.4 is 5.32 Å². The van der Waals surface area contributed by atoms with Crippen LogP contribution in [0.1, 0.15) is 25.8 Å². The minimum atomic E-state index is -0.0512.